The average molecular weight is 541 g/mol. The Morgan fingerprint density at radius 3 is 2.10 bits per heavy atom. The van der Waals surface area contributed by atoms with Crippen molar-refractivity contribution in [3.05, 3.63) is 12.2 Å². The van der Waals surface area contributed by atoms with E-state index >= 15 is 0 Å². The SMILES string of the molecule is C=C(C)[C@@H]1CC[C@]2(COC(C)=O)CC[C@]3(C)[C@H](CC[C@@H]4[C@@]5(C)CCC(=O)C(C)(COC(C)=O)[C@@H]5CC[C@]43C)[C@@H]12. The van der Waals surface area contributed by atoms with Gasteiger partial charge in [0.15, 0.2) is 0 Å². The third-order valence-electron chi connectivity index (χ3n) is 13.9. The van der Waals surface area contributed by atoms with E-state index < -0.39 is 5.41 Å². The van der Waals surface area contributed by atoms with Crippen molar-refractivity contribution in [1.29, 1.82) is 0 Å². The molecular formula is C34H52O5. The van der Waals surface area contributed by atoms with Crippen LogP contribution in [0.5, 0.6) is 0 Å². The van der Waals surface area contributed by atoms with Crippen molar-refractivity contribution in [2.75, 3.05) is 13.2 Å². The lowest BCUT2D eigenvalue weighted by molar-refractivity contribution is -0.240. The second-order valence-electron chi connectivity index (χ2n) is 15.4. The first-order valence-corrected chi connectivity index (χ1v) is 15.6. The number of rotatable bonds is 5. The van der Waals surface area contributed by atoms with Gasteiger partial charge in [0.05, 0.1) is 12.0 Å². The predicted octanol–water partition coefficient (Wildman–Crippen LogP) is 7.32. The van der Waals surface area contributed by atoms with Gasteiger partial charge in [0, 0.05) is 25.7 Å². The second-order valence-corrected chi connectivity index (χ2v) is 15.4. The maximum atomic E-state index is 13.4. The molecule has 0 aromatic rings. The van der Waals surface area contributed by atoms with Crippen LogP contribution in [0.1, 0.15) is 113 Å². The Balaban J connectivity index is 1.51. The second kappa shape index (κ2) is 9.44. The van der Waals surface area contributed by atoms with Crippen molar-refractivity contribution in [3.8, 4) is 0 Å². The molecule has 5 saturated carbocycles. The van der Waals surface area contributed by atoms with Gasteiger partial charge < -0.3 is 9.47 Å². The van der Waals surface area contributed by atoms with Gasteiger partial charge in [-0.3, -0.25) is 14.4 Å². The summed E-state index contributed by atoms with van der Waals surface area (Å²) >= 11 is 0. The minimum atomic E-state index is -0.597. The molecule has 0 aromatic heterocycles. The number of ketones is 1. The van der Waals surface area contributed by atoms with E-state index in [0.29, 0.717) is 36.7 Å². The van der Waals surface area contributed by atoms with Gasteiger partial charge in [0.25, 0.3) is 0 Å². The molecule has 0 aliphatic heterocycles. The van der Waals surface area contributed by atoms with Crippen molar-refractivity contribution in [2.24, 2.45) is 56.7 Å². The molecule has 0 saturated heterocycles. The van der Waals surface area contributed by atoms with Gasteiger partial charge in [-0.2, -0.15) is 0 Å². The number of fused-ring (bicyclic) bond motifs is 7. The standard InChI is InChI=1S/C34H52O5/c1-21(2)24-11-16-34(20-39-23(4)36)18-17-32(7)25(29(24)34)9-10-27-30(5)14-13-28(37)31(6,19-38-22(3)35)26(30)12-15-33(27,32)8/h24-27,29H,1,9-20H2,2-8H3/t24-,25+,26+,27+,29+,30-,31?,32+,33+,34+/m0/s1. The zero-order chi connectivity index (χ0) is 28.6. The van der Waals surface area contributed by atoms with E-state index in [-0.39, 0.29) is 51.9 Å². The summed E-state index contributed by atoms with van der Waals surface area (Å²) in [5.41, 5.74) is 1.20. The van der Waals surface area contributed by atoms with Crippen LogP contribution in [0.25, 0.3) is 0 Å². The van der Waals surface area contributed by atoms with Crippen LogP contribution in [0.3, 0.4) is 0 Å². The van der Waals surface area contributed by atoms with Gasteiger partial charge in [0.2, 0.25) is 0 Å². The van der Waals surface area contributed by atoms with Gasteiger partial charge in [0.1, 0.15) is 12.4 Å². The summed E-state index contributed by atoms with van der Waals surface area (Å²) in [6.07, 6.45) is 10.6. The predicted molar refractivity (Wildman–Crippen MR) is 152 cm³/mol. The first-order chi connectivity index (χ1) is 18.1. The number of ether oxygens (including phenoxy) is 2. The molecule has 218 valence electrons. The third-order valence-corrected chi connectivity index (χ3v) is 13.9. The fourth-order valence-corrected chi connectivity index (χ4v) is 11.8. The summed E-state index contributed by atoms with van der Waals surface area (Å²) in [6, 6.07) is 0. The third kappa shape index (κ3) is 4.02. The molecule has 0 amide bonds. The van der Waals surface area contributed by atoms with Crippen LogP contribution in [0.4, 0.5) is 0 Å². The minimum absolute atomic E-state index is 0.0551. The molecule has 1 unspecified atom stereocenters. The summed E-state index contributed by atoms with van der Waals surface area (Å²) in [5, 5.41) is 0. The molecule has 39 heavy (non-hydrogen) atoms. The van der Waals surface area contributed by atoms with Crippen LogP contribution in [-0.4, -0.2) is 30.9 Å². The van der Waals surface area contributed by atoms with Crippen LogP contribution in [0.2, 0.25) is 0 Å². The molecule has 0 spiro atoms. The lowest BCUT2D eigenvalue weighted by atomic mass is 9.32. The maximum Gasteiger partial charge on any atom is 0.302 e. The van der Waals surface area contributed by atoms with Crippen molar-refractivity contribution < 1.29 is 23.9 Å². The highest BCUT2D eigenvalue weighted by molar-refractivity contribution is 5.86. The normalized spacial score (nSPS) is 48.7. The lowest BCUT2D eigenvalue weighted by Crippen LogP contribution is -2.67. The Bertz CT molecular complexity index is 1060. The fraction of sp³-hybridized carbons (Fsp3) is 0.853. The smallest absolute Gasteiger partial charge is 0.302 e. The van der Waals surface area contributed by atoms with E-state index in [0.717, 1.165) is 38.5 Å². The highest BCUT2D eigenvalue weighted by atomic mass is 16.5. The molecule has 5 rings (SSSR count). The van der Waals surface area contributed by atoms with Crippen LogP contribution in [0, 0.1) is 56.7 Å². The lowest BCUT2D eigenvalue weighted by Gasteiger charge is -2.72. The van der Waals surface area contributed by atoms with Crippen LogP contribution in [0.15, 0.2) is 12.2 Å². The molecule has 0 radical (unpaired) electrons. The molecule has 5 aliphatic rings. The van der Waals surface area contributed by atoms with Crippen molar-refractivity contribution in [3.63, 3.8) is 0 Å². The summed E-state index contributed by atoms with van der Waals surface area (Å²) in [5.74, 6) is 2.19. The fourth-order valence-electron chi connectivity index (χ4n) is 11.8. The average Bonchev–Trinajstić information content (AvgIpc) is 3.25. The van der Waals surface area contributed by atoms with Crippen molar-refractivity contribution in [2.45, 2.75) is 113 Å². The molecule has 0 N–H and O–H groups in total. The van der Waals surface area contributed by atoms with Crippen LogP contribution < -0.4 is 0 Å². The first kappa shape index (κ1) is 28.9. The number of carbonyl (C=O) groups is 3. The van der Waals surface area contributed by atoms with Crippen LogP contribution >= 0.6 is 0 Å². The van der Waals surface area contributed by atoms with Gasteiger partial charge in [-0.25, -0.2) is 0 Å². The molecule has 5 nitrogen and oxygen atoms in total. The Hall–Kier alpha value is -1.65. The van der Waals surface area contributed by atoms with Gasteiger partial charge in [-0.15, -0.1) is 0 Å². The quantitative estimate of drug-likeness (QED) is 0.270. The van der Waals surface area contributed by atoms with Crippen molar-refractivity contribution in [1.82, 2.24) is 0 Å². The summed E-state index contributed by atoms with van der Waals surface area (Å²) in [6.45, 7) is 20.2. The van der Waals surface area contributed by atoms with E-state index in [2.05, 4.69) is 41.2 Å². The van der Waals surface area contributed by atoms with E-state index in [4.69, 9.17) is 9.47 Å². The zero-order valence-corrected chi connectivity index (χ0v) is 25.6. The minimum Gasteiger partial charge on any atom is -0.465 e. The topological polar surface area (TPSA) is 69.7 Å². The zero-order valence-electron chi connectivity index (χ0n) is 25.6. The number of hydrogen-bond donors (Lipinski definition) is 0. The van der Waals surface area contributed by atoms with Gasteiger partial charge in [-0.1, -0.05) is 32.9 Å². The molecule has 0 bridgehead atoms. The molecule has 5 heteroatoms. The molecule has 5 fully saturated rings. The molecule has 0 aromatic carbocycles. The Morgan fingerprint density at radius 2 is 1.46 bits per heavy atom. The van der Waals surface area contributed by atoms with E-state index in [1.807, 2.05) is 0 Å². The molecule has 0 heterocycles. The number of esters is 2. The van der Waals surface area contributed by atoms with Gasteiger partial charge >= 0.3 is 11.9 Å². The molecule has 10 atom stereocenters. The largest absolute Gasteiger partial charge is 0.465 e. The summed E-state index contributed by atoms with van der Waals surface area (Å²) in [7, 11) is 0. The Morgan fingerprint density at radius 1 is 0.795 bits per heavy atom. The van der Waals surface area contributed by atoms with E-state index in [1.54, 1.807) is 6.92 Å². The highest BCUT2D eigenvalue weighted by Crippen LogP contribution is 2.77. The van der Waals surface area contributed by atoms with Crippen LogP contribution in [-0.2, 0) is 23.9 Å². The number of hydrogen-bond acceptors (Lipinski definition) is 5. The van der Waals surface area contributed by atoms with E-state index in [9.17, 15) is 14.4 Å². The number of carbonyl (C=O) groups excluding carboxylic acids is 3. The van der Waals surface area contributed by atoms with Gasteiger partial charge in [-0.05, 0) is 117 Å². The van der Waals surface area contributed by atoms with Crippen molar-refractivity contribution >= 4 is 17.7 Å². The summed E-state index contributed by atoms with van der Waals surface area (Å²) in [4.78, 5) is 37.1. The Labute approximate surface area is 236 Å². The number of Topliss-reactive ketones (excluding diaryl/α,β-unsaturated/α-hetero) is 1. The summed E-state index contributed by atoms with van der Waals surface area (Å²) < 4.78 is 11.3. The van der Waals surface area contributed by atoms with E-state index in [1.165, 1.54) is 31.8 Å². The molecule has 5 aliphatic carbocycles. The maximum absolute atomic E-state index is 13.4. The Kier molecular flexibility index (Phi) is 6.99. The molecular weight excluding hydrogens is 488 g/mol. The first-order valence-electron chi connectivity index (χ1n) is 15.6. The number of allylic oxidation sites excluding steroid dienone is 1. The monoisotopic (exact) mass is 540 g/mol. The highest BCUT2D eigenvalue weighted by Gasteiger charge is 2.71.